The monoisotopic (exact) mass is 550 g/mol. The lowest BCUT2D eigenvalue weighted by Crippen LogP contribution is -2.33. The lowest BCUT2D eigenvalue weighted by atomic mass is 9.76. The Balaban J connectivity index is 1.58. The van der Waals surface area contributed by atoms with E-state index in [4.69, 9.17) is 19.2 Å². The minimum Gasteiger partial charge on any atom is -0.496 e. The minimum atomic E-state index is -0.719. The van der Waals surface area contributed by atoms with Crippen LogP contribution in [0.4, 0.5) is 11.5 Å². The van der Waals surface area contributed by atoms with Crippen molar-refractivity contribution in [2.75, 3.05) is 26.6 Å². The molecule has 1 aliphatic carbocycles. The average Bonchev–Trinajstić information content (AvgIpc) is 2.94. The molecule has 2 aromatic carbocycles. The number of carbonyl (C=O) groups excluding carboxylic acids is 1. The van der Waals surface area contributed by atoms with Crippen LogP contribution in [-0.4, -0.2) is 42.0 Å². The molecule has 39 heavy (non-hydrogen) atoms. The molecule has 0 radical (unpaired) electrons. The number of hydrogen-bond acceptors (Lipinski definition) is 10. The zero-order valence-corrected chi connectivity index (χ0v) is 22.3. The van der Waals surface area contributed by atoms with Crippen LogP contribution in [-0.2, 0) is 10.5 Å². The minimum absolute atomic E-state index is 0.0102. The molecule has 11 nitrogen and oxygen atoms in total. The van der Waals surface area contributed by atoms with E-state index in [1.807, 2.05) is 0 Å². The molecule has 12 heteroatoms. The summed E-state index contributed by atoms with van der Waals surface area (Å²) in [6, 6.07) is 9.64. The quantitative estimate of drug-likeness (QED) is 0.177. The molecular weight excluding hydrogens is 524 g/mol. The molecule has 3 aromatic rings. The van der Waals surface area contributed by atoms with Crippen molar-refractivity contribution < 1.29 is 23.9 Å². The van der Waals surface area contributed by atoms with E-state index >= 15 is 0 Å². The molecule has 1 aliphatic heterocycles. The number of H-pyrrole nitrogens is 1. The largest absolute Gasteiger partial charge is 0.496 e. The van der Waals surface area contributed by atoms with E-state index in [1.165, 1.54) is 45.2 Å². The number of nitro benzene ring substituents is 1. The number of anilines is 1. The van der Waals surface area contributed by atoms with Crippen LogP contribution in [0.2, 0.25) is 0 Å². The van der Waals surface area contributed by atoms with Crippen molar-refractivity contribution in [3.05, 3.63) is 84.8 Å². The molecule has 2 aliphatic rings. The SMILES string of the molecule is COc1cc(OC)c(C2C3=C(CCCC3=O)Nc3nc(SCc4ccc([N+](=O)[O-])cc4)[nH]c(=O)c32)cc1OC. The number of benzene rings is 2. The van der Waals surface area contributed by atoms with Crippen LogP contribution in [0.25, 0.3) is 0 Å². The van der Waals surface area contributed by atoms with E-state index in [1.54, 1.807) is 24.3 Å². The number of carbonyl (C=O) groups is 1. The van der Waals surface area contributed by atoms with Gasteiger partial charge in [0.2, 0.25) is 0 Å². The second-order valence-corrected chi connectivity index (χ2v) is 9.99. The zero-order valence-electron chi connectivity index (χ0n) is 21.5. The van der Waals surface area contributed by atoms with Gasteiger partial charge >= 0.3 is 0 Å². The number of allylic oxidation sites excluding steroid dienone is 2. The van der Waals surface area contributed by atoms with E-state index in [0.717, 1.165) is 11.3 Å². The molecule has 0 amide bonds. The van der Waals surface area contributed by atoms with Crippen LogP contribution in [0.1, 0.15) is 41.9 Å². The topological polar surface area (TPSA) is 146 Å². The van der Waals surface area contributed by atoms with E-state index in [-0.39, 0.29) is 17.0 Å². The number of nitrogens with one attached hydrogen (secondary N) is 2. The maximum absolute atomic E-state index is 13.6. The van der Waals surface area contributed by atoms with Gasteiger partial charge in [0, 0.05) is 47.2 Å². The van der Waals surface area contributed by atoms with Gasteiger partial charge in [0.25, 0.3) is 11.2 Å². The molecule has 1 unspecified atom stereocenters. The van der Waals surface area contributed by atoms with Gasteiger partial charge in [-0.15, -0.1) is 0 Å². The van der Waals surface area contributed by atoms with Crippen LogP contribution < -0.4 is 25.1 Å². The van der Waals surface area contributed by atoms with Crippen molar-refractivity contribution in [1.29, 1.82) is 0 Å². The van der Waals surface area contributed by atoms with Crippen LogP contribution in [0.5, 0.6) is 17.2 Å². The molecule has 5 rings (SSSR count). The Labute approximate surface area is 227 Å². The Kier molecular flexibility index (Phi) is 7.29. The standard InChI is InChI=1S/C27H26N4O7S/c1-36-19-12-21(38-3)20(37-2)11-16(19)22-23-17(5-4-6-18(23)32)28-25-24(22)26(33)30-27(29-25)39-13-14-7-9-15(10-8-14)31(34)35/h7-12,22H,4-6,13H2,1-3H3,(H2,28,29,30,33). The fourth-order valence-corrected chi connectivity index (χ4v) is 5.78. The highest BCUT2D eigenvalue weighted by molar-refractivity contribution is 7.98. The third kappa shape index (κ3) is 4.94. The first-order chi connectivity index (χ1) is 18.8. The summed E-state index contributed by atoms with van der Waals surface area (Å²) in [5, 5.41) is 14.6. The fourth-order valence-electron chi connectivity index (χ4n) is 4.96. The van der Waals surface area contributed by atoms with Gasteiger partial charge in [-0.3, -0.25) is 19.7 Å². The van der Waals surface area contributed by atoms with E-state index < -0.39 is 10.8 Å². The summed E-state index contributed by atoms with van der Waals surface area (Å²) in [7, 11) is 4.56. The third-order valence-corrected chi connectivity index (χ3v) is 7.75. The Bertz CT molecular complexity index is 1550. The van der Waals surface area contributed by atoms with Gasteiger partial charge in [-0.25, -0.2) is 4.98 Å². The van der Waals surface area contributed by atoms with E-state index in [0.29, 0.717) is 69.9 Å². The predicted octanol–water partition coefficient (Wildman–Crippen LogP) is 4.56. The molecule has 0 saturated heterocycles. The van der Waals surface area contributed by atoms with Crippen LogP contribution in [0, 0.1) is 10.1 Å². The van der Waals surface area contributed by atoms with Gasteiger partial charge in [-0.1, -0.05) is 23.9 Å². The number of rotatable bonds is 8. The molecule has 1 aromatic heterocycles. The number of hydrogen-bond donors (Lipinski definition) is 2. The van der Waals surface area contributed by atoms with Crippen molar-refractivity contribution in [1.82, 2.24) is 9.97 Å². The van der Waals surface area contributed by atoms with Gasteiger partial charge < -0.3 is 24.5 Å². The number of Topliss-reactive ketones (excluding diaryl/α,β-unsaturated/α-hetero) is 1. The summed E-state index contributed by atoms with van der Waals surface area (Å²) in [5.41, 5.74) is 2.65. The zero-order chi connectivity index (χ0) is 27.7. The van der Waals surface area contributed by atoms with Crippen molar-refractivity contribution in [2.24, 2.45) is 0 Å². The first-order valence-electron chi connectivity index (χ1n) is 12.2. The number of aromatic amines is 1. The maximum Gasteiger partial charge on any atom is 0.269 e. The number of aromatic nitrogens is 2. The average molecular weight is 551 g/mol. The van der Waals surface area contributed by atoms with Crippen LogP contribution >= 0.6 is 11.8 Å². The van der Waals surface area contributed by atoms with Crippen molar-refractivity contribution in [3.63, 3.8) is 0 Å². The highest BCUT2D eigenvalue weighted by atomic mass is 32.2. The lowest BCUT2D eigenvalue weighted by molar-refractivity contribution is -0.384. The summed E-state index contributed by atoms with van der Waals surface area (Å²) < 4.78 is 16.6. The lowest BCUT2D eigenvalue weighted by Gasteiger charge is -2.33. The normalized spacial score (nSPS) is 16.2. The fraction of sp³-hybridized carbons (Fsp3) is 0.296. The second kappa shape index (κ2) is 10.8. The number of ketones is 1. The number of thioether (sulfide) groups is 1. The van der Waals surface area contributed by atoms with Gasteiger partial charge in [0.15, 0.2) is 22.4 Å². The Morgan fingerprint density at radius 2 is 1.72 bits per heavy atom. The van der Waals surface area contributed by atoms with Crippen LogP contribution in [0.3, 0.4) is 0 Å². The second-order valence-electron chi connectivity index (χ2n) is 9.02. The van der Waals surface area contributed by atoms with Gasteiger partial charge in [-0.2, -0.15) is 0 Å². The molecule has 2 heterocycles. The summed E-state index contributed by atoms with van der Waals surface area (Å²) in [4.78, 5) is 44.9. The van der Waals surface area contributed by atoms with Gasteiger partial charge in [0.05, 0.1) is 37.7 Å². The highest BCUT2D eigenvalue weighted by Crippen LogP contribution is 2.48. The highest BCUT2D eigenvalue weighted by Gasteiger charge is 2.39. The number of ether oxygens (including phenoxy) is 3. The Hall–Kier alpha value is -4.32. The van der Waals surface area contributed by atoms with Crippen molar-refractivity contribution in [2.45, 2.75) is 36.1 Å². The first-order valence-corrected chi connectivity index (χ1v) is 13.2. The molecule has 0 bridgehead atoms. The number of fused-ring (bicyclic) bond motifs is 1. The van der Waals surface area contributed by atoms with Gasteiger partial charge in [0.1, 0.15) is 11.6 Å². The number of nitrogens with zero attached hydrogens (tertiary/aromatic N) is 2. The van der Waals surface area contributed by atoms with E-state index in [2.05, 4.69) is 10.3 Å². The first kappa shape index (κ1) is 26.3. The van der Waals surface area contributed by atoms with Gasteiger partial charge in [-0.05, 0) is 24.5 Å². The molecular formula is C27H26N4O7S. The third-order valence-electron chi connectivity index (χ3n) is 6.81. The molecule has 202 valence electrons. The predicted molar refractivity (Wildman–Crippen MR) is 145 cm³/mol. The summed E-state index contributed by atoms with van der Waals surface area (Å²) in [6.07, 6.45) is 1.73. The summed E-state index contributed by atoms with van der Waals surface area (Å²) in [5.74, 6) is 1.42. The summed E-state index contributed by atoms with van der Waals surface area (Å²) in [6.45, 7) is 0. The molecule has 1 atom stereocenters. The molecule has 2 N–H and O–H groups in total. The molecule has 0 spiro atoms. The molecule has 0 saturated carbocycles. The van der Waals surface area contributed by atoms with Crippen molar-refractivity contribution in [3.8, 4) is 17.2 Å². The summed E-state index contributed by atoms with van der Waals surface area (Å²) >= 11 is 1.30. The number of nitro groups is 1. The maximum atomic E-state index is 13.6. The Morgan fingerprint density at radius 3 is 2.38 bits per heavy atom. The molecule has 0 fully saturated rings. The van der Waals surface area contributed by atoms with E-state index in [9.17, 15) is 19.7 Å². The Morgan fingerprint density at radius 1 is 1.03 bits per heavy atom. The van der Waals surface area contributed by atoms with Crippen molar-refractivity contribution >= 4 is 29.1 Å². The number of methoxy groups -OCH3 is 3. The smallest absolute Gasteiger partial charge is 0.269 e. The van der Waals surface area contributed by atoms with Crippen LogP contribution in [0.15, 0.2) is 57.6 Å². The number of non-ortho nitro benzene ring substituents is 1.